The summed E-state index contributed by atoms with van der Waals surface area (Å²) in [5, 5.41) is 0. The molecular weight excluding hydrogens is 340 g/mol. The summed E-state index contributed by atoms with van der Waals surface area (Å²) in [5.41, 5.74) is -0.220. The highest BCUT2D eigenvalue weighted by atomic mass is 16.6. The van der Waals surface area contributed by atoms with Gasteiger partial charge in [-0.2, -0.15) is 0 Å². The van der Waals surface area contributed by atoms with E-state index < -0.39 is 0 Å². The predicted octanol–water partition coefficient (Wildman–Crippen LogP) is 4.36. The molecule has 4 bridgehead atoms. The van der Waals surface area contributed by atoms with Crippen LogP contribution in [0.15, 0.2) is 0 Å². The van der Waals surface area contributed by atoms with Crippen LogP contribution in [0.2, 0.25) is 0 Å². The predicted molar refractivity (Wildman–Crippen MR) is 101 cm³/mol. The topological polar surface area (TPSA) is 52.6 Å². The van der Waals surface area contributed by atoms with Crippen LogP contribution in [0.25, 0.3) is 0 Å². The molecule has 0 spiro atoms. The van der Waals surface area contributed by atoms with Gasteiger partial charge < -0.3 is 9.47 Å². The summed E-state index contributed by atoms with van der Waals surface area (Å²) in [6, 6.07) is 0. The fourth-order valence-corrected chi connectivity index (χ4v) is 7.78. The Kier molecular flexibility index (Phi) is 4.15. The maximum Gasteiger partial charge on any atom is 0.309 e. The zero-order valence-corrected chi connectivity index (χ0v) is 17.0. The second-order valence-electron chi connectivity index (χ2n) is 10.8. The van der Waals surface area contributed by atoms with Crippen LogP contribution in [0.1, 0.15) is 72.1 Å². The Morgan fingerprint density at radius 3 is 2.30 bits per heavy atom. The zero-order chi connectivity index (χ0) is 18.9. The van der Waals surface area contributed by atoms with Crippen LogP contribution in [-0.4, -0.2) is 23.6 Å². The molecule has 0 aromatic heterocycles. The van der Waals surface area contributed by atoms with E-state index in [9.17, 15) is 9.59 Å². The van der Waals surface area contributed by atoms with Crippen molar-refractivity contribution in [3.63, 3.8) is 0 Å². The lowest BCUT2D eigenvalue weighted by Gasteiger charge is -2.41. The Morgan fingerprint density at radius 2 is 1.59 bits per heavy atom. The van der Waals surface area contributed by atoms with Gasteiger partial charge in [-0.25, -0.2) is 0 Å². The normalized spacial score (nSPS) is 46.1. The van der Waals surface area contributed by atoms with Crippen molar-refractivity contribution in [2.45, 2.75) is 83.8 Å². The van der Waals surface area contributed by atoms with E-state index in [0.29, 0.717) is 29.6 Å². The fourth-order valence-electron chi connectivity index (χ4n) is 7.78. The summed E-state index contributed by atoms with van der Waals surface area (Å²) in [7, 11) is 0. The zero-order valence-electron chi connectivity index (χ0n) is 17.0. The molecule has 8 atom stereocenters. The summed E-state index contributed by atoms with van der Waals surface area (Å²) < 4.78 is 11.9. The van der Waals surface area contributed by atoms with Crippen LogP contribution in [0.3, 0.4) is 0 Å². The molecule has 4 nitrogen and oxygen atoms in total. The van der Waals surface area contributed by atoms with Gasteiger partial charge in [0.15, 0.2) is 0 Å². The lowest BCUT2D eigenvalue weighted by atomic mass is 9.66. The molecule has 150 valence electrons. The van der Waals surface area contributed by atoms with Crippen molar-refractivity contribution in [1.29, 1.82) is 0 Å². The number of esters is 2. The molecule has 0 aromatic carbocycles. The smallest absolute Gasteiger partial charge is 0.309 e. The lowest BCUT2D eigenvalue weighted by molar-refractivity contribution is -0.169. The van der Waals surface area contributed by atoms with E-state index in [2.05, 4.69) is 6.92 Å². The van der Waals surface area contributed by atoms with Gasteiger partial charge in [0.1, 0.15) is 11.7 Å². The Morgan fingerprint density at radius 1 is 0.926 bits per heavy atom. The van der Waals surface area contributed by atoms with Gasteiger partial charge in [-0.3, -0.25) is 9.59 Å². The standard InChI is InChI=1S/C23H34O4/c1-12(2)21(24)26-18-11-14-10-17(18)20-15-8-13(19(14)20)9-16(15)22(25)27-23(3)6-4-5-7-23/h12-20H,4-11H2,1-3H3. The number of ether oxygens (including phenoxy) is 2. The first-order valence-electron chi connectivity index (χ1n) is 11.3. The van der Waals surface area contributed by atoms with E-state index in [1.165, 1.54) is 25.7 Å². The van der Waals surface area contributed by atoms with E-state index in [-0.39, 0.29) is 35.5 Å². The van der Waals surface area contributed by atoms with Gasteiger partial charge >= 0.3 is 11.9 Å². The third-order valence-corrected chi connectivity index (χ3v) is 8.81. The number of carbonyl (C=O) groups excluding carboxylic acids is 2. The molecule has 0 amide bonds. The minimum Gasteiger partial charge on any atom is -0.462 e. The van der Waals surface area contributed by atoms with Crippen molar-refractivity contribution in [3.8, 4) is 0 Å². The fraction of sp³-hybridized carbons (Fsp3) is 0.913. The van der Waals surface area contributed by atoms with Crippen molar-refractivity contribution >= 4 is 11.9 Å². The number of hydrogen-bond donors (Lipinski definition) is 0. The molecule has 5 aliphatic rings. The lowest BCUT2D eigenvalue weighted by Crippen LogP contribution is -2.43. The summed E-state index contributed by atoms with van der Waals surface area (Å²) in [6.45, 7) is 5.93. The number of carbonyl (C=O) groups is 2. The quantitative estimate of drug-likeness (QED) is 0.542. The van der Waals surface area contributed by atoms with Gasteiger partial charge in [0.25, 0.3) is 0 Å². The summed E-state index contributed by atoms with van der Waals surface area (Å²) >= 11 is 0. The minimum absolute atomic E-state index is 0.0580. The average molecular weight is 375 g/mol. The van der Waals surface area contributed by atoms with Crippen molar-refractivity contribution in [3.05, 3.63) is 0 Å². The first kappa shape index (κ1) is 18.0. The van der Waals surface area contributed by atoms with Crippen molar-refractivity contribution in [2.75, 3.05) is 0 Å². The Balaban J connectivity index is 1.28. The van der Waals surface area contributed by atoms with Crippen molar-refractivity contribution in [1.82, 2.24) is 0 Å². The van der Waals surface area contributed by atoms with Gasteiger partial charge in [0.05, 0.1) is 11.8 Å². The first-order valence-corrected chi connectivity index (χ1v) is 11.3. The molecule has 0 radical (unpaired) electrons. The summed E-state index contributed by atoms with van der Waals surface area (Å²) in [4.78, 5) is 25.2. The molecule has 5 rings (SSSR count). The molecule has 0 aromatic rings. The van der Waals surface area contributed by atoms with E-state index in [0.717, 1.165) is 31.6 Å². The van der Waals surface area contributed by atoms with Crippen LogP contribution < -0.4 is 0 Å². The van der Waals surface area contributed by atoms with Gasteiger partial charge in [-0.15, -0.1) is 0 Å². The minimum atomic E-state index is -0.220. The molecule has 8 unspecified atom stereocenters. The maximum atomic E-state index is 13.0. The van der Waals surface area contributed by atoms with Gasteiger partial charge in [0.2, 0.25) is 0 Å². The molecule has 0 N–H and O–H groups in total. The Hall–Kier alpha value is -1.06. The molecule has 5 saturated carbocycles. The largest absolute Gasteiger partial charge is 0.462 e. The number of fused-ring (bicyclic) bond motifs is 9. The third kappa shape index (κ3) is 2.76. The Labute approximate surface area is 162 Å². The van der Waals surface area contributed by atoms with E-state index >= 15 is 0 Å². The molecule has 5 aliphatic carbocycles. The van der Waals surface area contributed by atoms with E-state index in [1.54, 1.807) is 0 Å². The summed E-state index contributed by atoms with van der Waals surface area (Å²) in [5.74, 6) is 3.77. The van der Waals surface area contributed by atoms with Crippen LogP contribution in [-0.2, 0) is 19.1 Å². The van der Waals surface area contributed by atoms with Crippen molar-refractivity contribution in [2.24, 2.45) is 47.3 Å². The van der Waals surface area contributed by atoms with Crippen LogP contribution in [0, 0.1) is 47.3 Å². The molecule has 27 heavy (non-hydrogen) atoms. The van der Waals surface area contributed by atoms with Gasteiger partial charge in [-0.1, -0.05) is 13.8 Å². The Bertz CT molecular complexity index is 634. The molecule has 5 fully saturated rings. The molecule has 0 aliphatic heterocycles. The molecule has 0 saturated heterocycles. The average Bonchev–Trinajstić information content (AvgIpc) is 3.39. The number of hydrogen-bond acceptors (Lipinski definition) is 4. The SMILES string of the molecule is CC(C)C(=O)OC1CC2CC1C1C3CC(CC3C(=O)OC3(C)CCCC3)C21. The third-order valence-electron chi connectivity index (χ3n) is 8.81. The highest BCUT2D eigenvalue weighted by Crippen LogP contribution is 2.69. The maximum absolute atomic E-state index is 13.0. The van der Waals surface area contributed by atoms with Crippen LogP contribution in [0.5, 0.6) is 0 Å². The highest BCUT2D eigenvalue weighted by Gasteiger charge is 2.66. The van der Waals surface area contributed by atoms with Crippen molar-refractivity contribution < 1.29 is 19.1 Å². The molecule has 4 heteroatoms. The number of rotatable bonds is 4. The molecule has 0 heterocycles. The van der Waals surface area contributed by atoms with Gasteiger partial charge in [-0.05, 0) is 93.8 Å². The van der Waals surface area contributed by atoms with Gasteiger partial charge in [0, 0.05) is 0 Å². The second-order valence-corrected chi connectivity index (χ2v) is 10.8. The van der Waals surface area contributed by atoms with Crippen LogP contribution >= 0.6 is 0 Å². The first-order chi connectivity index (χ1) is 12.9. The van der Waals surface area contributed by atoms with E-state index in [4.69, 9.17) is 9.47 Å². The van der Waals surface area contributed by atoms with Crippen LogP contribution in [0.4, 0.5) is 0 Å². The monoisotopic (exact) mass is 374 g/mol. The second kappa shape index (κ2) is 6.22. The summed E-state index contributed by atoms with van der Waals surface area (Å²) in [6.07, 6.45) is 8.99. The highest BCUT2D eigenvalue weighted by molar-refractivity contribution is 5.74. The molecular formula is C23H34O4. The van der Waals surface area contributed by atoms with E-state index in [1.807, 2.05) is 13.8 Å².